The first-order valence-corrected chi connectivity index (χ1v) is 8.55. The first kappa shape index (κ1) is 21.0. The molecule has 2 aromatic rings. The quantitative estimate of drug-likeness (QED) is 0.339. The number of hydrogen-bond acceptors (Lipinski definition) is 3. The maximum atomic E-state index is 14.1. The highest BCUT2D eigenvalue weighted by Gasteiger charge is 2.35. The number of benzene rings is 2. The highest BCUT2D eigenvalue weighted by atomic mass is 35.5. The molecule has 0 aliphatic heterocycles. The molecule has 0 fully saturated rings. The van der Waals surface area contributed by atoms with Gasteiger partial charge in [-0.25, -0.2) is 4.39 Å². The summed E-state index contributed by atoms with van der Waals surface area (Å²) in [6, 6.07) is 5.73. The summed E-state index contributed by atoms with van der Waals surface area (Å²) in [6.07, 6.45) is -4.30. The number of rotatable bonds is 6. The molecule has 0 radical (unpaired) electrons. The lowest BCUT2D eigenvalue weighted by Crippen LogP contribution is -2.12. The number of aryl methyl sites for hydroxylation is 1. The highest BCUT2D eigenvalue weighted by molar-refractivity contribution is 6.31. The molecule has 8 heteroatoms. The Kier molecular flexibility index (Phi) is 6.70. The van der Waals surface area contributed by atoms with Gasteiger partial charge in [-0.3, -0.25) is 4.79 Å². The fraction of sp³-hybridized carbons (Fsp3) is 0.316. The Morgan fingerprint density at radius 2 is 1.85 bits per heavy atom. The second-order valence-corrected chi connectivity index (χ2v) is 6.03. The van der Waals surface area contributed by atoms with E-state index >= 15 is 0 Å². The number of alkyl halides is 3. The lowest BCUT2D eigenvalue weighted by atomic mass is 10.1. The minimum Gasteiger partial charge on any atom is -0.488 e. The molecule has 0 saturated carbocycles. The van der Waals surface area contributed by atoms with E-state index in [1.54, 1.807) is 13.8 Å². The Morgan fingerprint density at radius 3 is 2.44 bits per heavy atom. The molecule has 0 atom stereocenters. The molecule has 146 valence electrons. The van der Waals surface area contributed by atoms with Crippen LogP contribution in [0.3, 0.4) is 0 Å². The smallest absolute Gasteiger partial charge is 0.419 e. The summed E-state index contributed by atoms with van der Waals surface area (Å²) >= 11 is 5.99. The van der Waals surface area contributed by atoms with Gasteiger partial charge in [0.15, 0.2) is 0 Å². The van der Waals surface area contributed by atoms with Crippen LogP contribution in [0.1, 0.15) is 37.0 Å². The average Bonchev–Trinajstić information content (AvgIpc) is 2.60. The molecule has 0 N–H and O–H groups in total. The van der Waals surface area contributed by atoms with Crippen LogP contribution in [0.4, 0.5) is 17.6 Å². The van der Waals surface area contributed by atoms with Crippen molar-refractivity contribution in [3.05, 3.63) is 57.9 Å². The van der Waals surface area contributed by atoms with Gasteiger partial charge in [-0.05, 0) is 36.2 Å². The van der Waals surface area contributed by atoms with Gasteiger partial charge in [-0.2, -0.15) is 13.2 Å². The normalized spacial score (nSPS) is 11.4. The van der Waals surface area contributed by atoms with Gasteiger partial charge in [0.2, 0.25) is 0 Å². The summed E-state index contributed by atoms with van der Waals surface area (Å²) in [5, 5.41) is 0.117. The van der Waals surface area contributed by atoms with E-state index in [4.69, 9.17) is 21.1 Å². The number of ether oxygens (including phenoxy) is 2. The molecule has 0 unspecified atom stereocenters. The molecule has 3 nitrogen and oxygen atoms in total. The molecular weight excluding hydrogens is 388 g/mol. The third-order valence-electron chi connectivity index (χ3n) is 3.80. The predicted octanol–water partition coefficient (Wildman–Crippen LogP) is 5.95. The van der Waals surface area contributed by atoms with Crippen LogP contribution in [0.2, 0.25) is 5.02 Å². The van der Waals surface area contributed by atoms with Crippen molar-refractivity contribution in [2.45, 2.75) is 39.5 Å². The van der Waals surface area contributed by atoms with Crippen molar-refractivity contribution in [1.29, 1.82) is 0 Å². The van der Waals surface area contributed by atoms with Crippen molar-refractivity contribution in [3.8, 4) is 11.5 Å². The Bertz CT molecular complexity index is 834. The number of halogens is 5. The maximum absolute atomic E-state index is 14.1. The van der Waals surface area contributed by atoms with Gasteiger partial charge in [0, 0.05) is 11.4 Å². The summed E-state index contributed by atoms with van der Waals surface area (Å²) in [5.74, 6) is -2.00. The third-order valence-corrected chi connectivity index (χ3v) is 4.15. The first-order valence-electron chi connectivity index (χ1n) is 8.17. The van der Waals surface area contributed by atoms with Gasteiger partial charge in [-0.1, -0.05) is 31.5 Å². The van der Waals surface area contributed by atoms with Crippen molar-refractivity contribution >= 4 is 17.6 Å². The molecule has 0 saturated heterocycles. The number of carbonyl (C=O) groups is 1. The van der Waals surface area contributed by atoms with E-state index in [9.17, 15) is 22.4 Å². The molecule has 0 amide bonds. The second kappa shape index (κ2) is 8.61. The number of esters is 1. The van der Waals surface area contributed by atoms with Crippen LogP contribution in [-0.4, -0.2) is 5.97 Å². The number of hydrogen-bond donors (Lipinski definition) is 0. The van der Waals surface area contributed by atoms with Crippen LogP contribution in [0.5, 0.6) is 11.5 Å². The molecule has 2 rings (SSSR count). The number of carbonyl (C=O) groups excluding carboxylic acids is 1. The molecule has 0 bridgehead atoms. The van der Waals surface area contributed by atoms with Crippen molar-refractivity contribution < 1.29 is 31.8 Å². The van der Waals surface area contributed by atoms with E-state index in [0.717, 1.165) is 18.2 Å². The van der Waals surface area contributed by atoms with Crippen LogP contribution in [0, 0.1) is 5.82 Å². The molecule has 0 aliphatic carbocycles. The van der Waals surface area contributed by atoms with E-state index in [1.165, 1.54) is 12.1 Å². The zero-order chi connectivity index (χ0) is 20.2. The molecule has 2 aromatic carbocycles. The summed E-state index contributed by atoms with van der Waals surface area (Å²) in [4.78, 5) is 11.5. The molecule has 27 heavy (non-hydrogen) atoms. The van der Waals surface area contributed by atoms with E-state index in [0.29, 0.717) is 12.0 Å². The lowest BCUT2D eigenvalue weighted by molar-refractivity contribution is -0.139. The van der Waals surface area contributed by atoms with Crippen LogP contribution >= 0.6 is 11.6 Å². The monoisotopic (exact) mass is 404 g/mol. The zero-order valence-electron chi connectivity index (χ0n) is 14.6. The van der Waals surface area contributed by atoms with Crippen molar-refractivity contribution in [2.24, 2.45) is 0 Å². The van der Waals surface area contributed by atoms with Gasteiger partial charge in [0.25, 0.3) is 0 Å². The predicted molar refractivity (Wildman–Crippen MR) is 92.5 cm³/mol. The fourth-order valence-corrected chi connectivity index (χ4v) is 2.62. The van der Waals surface area contributed by atoms with Crippen molar-refractivity contribution in [1.82, 2.24) is 0 Å². The van der Waals surface area contributed by atoms with E-state index in [1.807, 2.05) is 0 Å². The van der Waals surface area contributed by atoms with Gasteiger partial charge in [-0.15, -0.1) is 0 Å². The molecule has 0 aliphatic rings. The van der Waals surface area contributed by atoms with Crippen LogP contribution < -0.4 is 9.47 Å². The summed E-state index contributed by atoms with van der Waals surface area (Å²) < 4.78 is 64.4. The summed E-state index contributed by atoms with van der Waals surface area (Å²) in [6.45, 7) is 2.67. The molecule has 0 aromatic heterocycles. The largest absolute Gasteiger partial charge is 0.488 e. The Morgan fingerprint density at radius 1 is 1.15 bits per heavy atom. The maximum Gasteiger partial charge on any atom is 0.419 e. The standard InChI is InChI=1S/C19H17ClF4O3/c1-3-11-8-13(19(22,23)24)17(9-14(11)20)26-10-12-15(21)6-5-7-16(12)27-18(25)4-2/h5-9H,3-4,10H2,1-2H3. The lowest BCUT2D eigenvalue weighted by Gasteiger charge is -2.17. The minimum absolute atomic E-state index is 0.0587. The Hall–Kier alpha value is -2.28. The van der Waals surface area contributed by atoms with Crippen molar-refractivity contribution in [3.63, 3.8) is 0 Å². The third kappa shape index (κ3) is 5.13. The Balaban J connectivity index is 2.37. The highest BCUT2D eigenvalue weighted by Crippen LogP contribution is 2.40. The zero-order valence-corrected chi connectivity index (χ0v) is 15.4. The topological polar surface area (TPSA) is 35.5 Å². The fourth-order valence-electron chi connectivity index (χ4n) is 2.33. The second-order valence-electron chi connectivity index (χ2n) is 5.62. The Labute approximate surface area is 158 Å². The first-order chi connectivity index (χ1) is 12.7. The SMILES string of the molecule is CCC(=O)Oc1cccc(F)c1COc1cc(Cl)c(CC)cc1C(F)(F)F. The van der Waals surface area contributed by atoms with E-state index in [2.05, 4.69) is 0 Å². The van der Waals surface area contributed by atoms with Crippen LogP contribution in [-0.2, 0) is 24.0 Å². The van der Waals surface area contributed by atoms with E-state index in [-0.39, 0.29) is 22.8 Å². The van der Waals surface area contributed by atoms with Crippen molar-refractivity contribution in [2.75, 3.05) is 0 Å². The van der Waals surface area contributed by atoms with Gasteiger partial charge >= 0.3 is 12.1 Å². The van der Waals surface area contributed by atoms with Gasteiger partial charge in [0.1, 0.15) is 23.9 Å². The van der Waals surface area contributed by atoms with E-state index < -0.39 is 35.9 Å². The molecule has 0 heterocycles. The average molecular weight is 405 g/mol. The summed E-state index contributed by atoms with van der Waals surface area (Å²) in [5.41, 5.74) is -0.852. The van der Waals surface area contributed by atoms with Crippen LogP contribution in [0.15, 0.2) is 30.3 Å². The van der Waals surface area contributed by atoms with Crippen LogP contribution in [0.25, 0.3) is 0 Å². The van der Waals surface area contributed by atoms with Gasteiger partial charge in [0.05, 0.1) is 11.1 Å². The molecular formula is C19H17ClF4O3. The summed E-state index contributed by atoms with van der Waals surface area (Å²) in [7, 11) is 0. The van der Waals surface area contributed by atoms with Gasteiger partial charge < -0.3 is 9.47 Å². The minimum atomic E-state index is -4.67. The molecule has 0 spiro atoms.